The molecule has 0 radical (unpaired) electrons. The fourth-order valence-electron chi connectivity index (χ4n) is 0.983. The molecule has 0 atom stereocenters. The zero-order chi connectivity index (χ0) is 8.39. The zero-order valence-electron chi connectivity index (χ0n) is 6.78. The quantitative estimate of drug-likeness (QED) is 0.715. The van der Waals surface area contributed by atoms with Crippen molar-refractivity contribution in [3.8, 4) is 9.88 Å². The molecule has 0 saturated heterocycles. The van der Waals surface area contributed by atoms with Gasteiger partial charge in [-0.15, -0.1) is 22.7 Å². The lowest BCUT2D eigenvalue weighted by Crippen LogP contribution is -1.77. The predicted molar refractivity (Wildman–Crippen MR) is 54.8 cm³/mol. The number of hydrogen-bond acceptors (Lipinski definition) is 3. The molecule has 2 heterocycles. The molecule has 2 aromatic rings. The van der Waals surface area contributed by atoms with Gasteiger partial charge < -0.3 is 0 Å². The van der Waals surface area contributed by atoms with Gasteiger partial charge in [0.05, 0.1) is 10.6 Å². The highest BCUT2D eigenvalue weighted by atomic mass is 32.1. The van der Waals surface area contributed by atoms with E-state index in [1.165, 1.54) is 10.6 Å². The number of thiophene rings is 1. The van der Waals surface area contributed by atoms with Crippen molar-refractivity contribution in [1.82, 2.24) is 4.98 Å². The molecule has 0 fully saturated rings. The Kier molecular flexibility index (Phi) is 2.23. The van der Waals surface area contributed by atoms with Crippen LogP contribution in [0.3, 0.4) is 0 Å². The van der Waals surface area contributed by atoms with E-state index in [-0.39, 0.29) is 0 Å². The maximum Gasteiger partial charge on any atom is 0.133 e. The molecular formula is C9H9NS2. The van der Waals surface area contributed by atoms with Crippen LogP contribution in [0.4, 0.5) is 0 Å². The van der Waals surface area contributed by atoms with E-state index in [1.54, 1.807) is 22.7 Å². The molecule has 0 aliphatic heterocycles. The predicted octanol–water partition coefficient (Wildman–Crippen LogP) is 3.43. The number of aromatic nitrogens is 1. The molecule has 0 N–H and O–H groups in total. The lowest BCUT2D eigenvalue weighted by Gasteiger charge is -1.86. The van der Waals surface area contributed by atoms with Gasteiger partial charge in [-0.2, -0.15) is 0 Å². The molecule has 0 aromatic carbocycles. The fraction of sp³-hybridized carbons (Fsp3) is 0.222. The SMILES string of the molecule is CCc1csc(-c2cccs2)n1. The normalized spacial score (nSPS) is 10.4. The maximum atomic E-state index is 4.50. The molecule has 0 saturated carbocycles. The summed E-state index contributed by atoms with van der Waals surface area (Å²) < 4.78 is 0. The highest BCUT2D eigenvalue weighted by Crippen LogP contribution is 2.27. The third-order valence-electron chi connectivity index (χ3n) is 1.65. The lowest BCUT2D eigenvalue weighted by molar-refractivity contribution is 1.07. The summed E-state index contributed by atoms with van der Waals surface area (Å²) in [6.07, 6.45) is 1.03. The van der Waals surface area contributed by atoms with Gasteiger partial charge in [0.25, 0.3) is 0 Å². The van der Waals surface area contributed by atoms with Gasteiger partial charge in [-0.1, -0.05) is 13.0 Å². The smallest absolute Gasteiger partial charge is 0.133 e. The summed E-state index contributed by atoms with van der Waals surface area (Å²) in [6, 6.07) is 4.18. The molecule has 62 valence electrons. The van der Waals surface area contributed by atoms with E-state index < -0.39 is 0 Å². The van der Waals surface area contributed by atoms with Gasteiger partial charge in [-0.25, -0.2) is 4.98 Å². The third-order valence-corrected chi connectivity index (χ3v) is 3.58. The van der Waals surface area contributed by atoms with Gasteiger partial charge in [0.2, 0.25) is 0 Å². The van der Waals surface area contributed by atoms with Crippen molar-refractivity contribution >= 4 is 22.7 Å². The molecule has 0 aliphatic carbocycles. The number of thiazole rings is 1. The first-order valence-electron chi connectivity index (χ1n) is 3.88. The third kappa shape index (κ3) is 1.42. The van der Waals surface area contributed by atoms with Crippen molar-refractivity contribution in [2.45, 2.75) is 13.3 Å². The van der Waals surface area contributed by atoms with Gasteiger partial charge in [0.1, 0.15) is 5.01 Å². The highest BCUT2D eigenvalue weighted by Gasteiger charge is 2.02. The van der Waals surface area contributed by atoms with Crippen LogP contribution in [0.5, 0.6) is 0 Å². The Bertz CT molecular complexity index is 348. The summed E-state index contributed by atoms with van der Waals surface area (Å²) in [7, 11) is 0. The molecule has 0 aliphatic rings. The van der Waals surface area contributed by atoms with Crippen LogP contribution < -0.4 is 0 Å². The summed E-state index contributed by atoms with van der Waals surface area (Å²) in [5, 5.41) is 5.37. The Morgan fingerprint density at radius 1 is 1.42 bits per heavy atom. The topological polar surface area (TPSA) is 12.9 Å². The number of aryl methyl sites for hydroxylation is 1. The van der Waals surface area contributed by atoms with Crippen molar-refractivity contribution < 1.29 is 0 Å². The van der Waals surface area contributed by atoms with E-state index in [2.05, 4.69) is 34.8 Å². The molecule has 0 bridgehead atoms. The van der Waals surface area contributed by atoms with Crippen LogP contribution in [0.25, 0.3) is 9.88 Å². The minimum Gasteiger partial charge on any atom is -0.240 e. The van der Waals surface area contributed by atoms with Gasteiger partial charge in [0.15, 0.2) is 0 Å². The first-order chi connectivity index (χ1) is 5.90. The number of rotatable bonds is 2. The van der Waals surface area contributed by atoms with Gasteiger partial charge in [0, 0.05) is 5.38 Å². The lowest BCUT2D eigenvalue weighted by atomic mass is 10.4. The zero-order valence-corrected chi connectivity index (χ0v) is 8.41. The van der Waals surface area contributed by atoms with Crippen molar-refractivity contribution in [3.63, 3.8) is 0 Å². The second kappa shape index (κ2) is 3.37. The second-order valence-electron chi connectivity index (χ2n) is 2.47. The molecule has 0 unspecified atom stereocenters. The van der Waals surface area contributed by atoms with Crippen molar-refractivity contribution in [1.29, 1.82) is 0 Å². The van der Waals surface area contributed by atoms with Crippen LogP contribution in [-0.4, -0.2) is 4.98 Å². The summed E-state index contributed by atoms with van der Waals surface area (Å²) in [5.74, 6) is 0. The second-order valence-corrected chi connectivity index (χ2v) is 4.28. The standard InChI is InChI=1S/C9H9NS2/c1-2-7-6-12-9(10-7)8-4-3-5-11-8/h3-6H,2H2,1H3. The molecule has 12 heavy (non-hydrogen) atoms. The van der Waals surface area contributed by atoms with Crippen LogP contribution in [0.2, 0.25) is 0 Å². The molecule has 3 heteroatoms. The Morgan fingerprint density at radius 2 is 2.33 bits per heavy atom. The minimum absolute atomic E-state index is 1.03. The molecular weight excluding hydrogens is 186 g/mol. The average molecular weight is 195 g/mol. The Balaban J connectivity index is 2.35. The summed E-state index contributed by atoms with van der Waals surface area (Å²) in [4.78, 5) is 5.78. The summed E-state index contributed by atoms with van der Waals surface area (Å²) in [5.41, 5.74) is 1.20. The maximum absolute atomic E-state index is 4.50. The van der Waals surface area contributed by atoms with E-state index in [1.807, 2.05) is 0 Å². The van der Waals surface area contributed by atoms with E-state index in [9.17, 15) is 0 Å². The monoisotopic (exact) mass is 195 g/mol. The van der Waals surface area contributed by atoms with Crippen LogP contribution in [0.15, 0.2) is 22.9 Å². The Morgan fingerprint density at radius 3 is 2.92 bits per heavy atom. The average Bonchev–Trinajstić information content (AvgIpc) is 2.75. The van der Waals surface area contributed by atoms with E-state index in [4.69, 9.17) is 0 Å². The minimum atomic E-state index is 1.03. The first-order valence-corrected chi connectivity index (χ1v) is 5.64. The molecule has 1 nitrogen and oxygen atoms in total. The van der Waals surface area contributed by atoms with Crippen LogP contribution in [-0.2, 0) is 6.42 Å². The Hall–Kier alpha value is -0.670. The van der Waals surface area contributed by atoms with Gasteiger partial charge in [-0.05, 0) is 17.9 Å². The molecule has 0 amide bonds. The molecule has 2 rings (SSSR count). The summed E-state index contributed by atoms with van der Waals surface area (Å²) >= 11 is 3.48. The largest absolute Gasteiger partial charge is 0.240 e. The fourth-order valence-corrected chi connectivity index (χ4v) is 2.70. The molecule has 2 aromatic heterocycles. The van der Waals surface area contributed by atoms with Gasteiger partial charge >= 0.3 is 0 Å². The van der Waals surface area contributed by atoms with Crippen molar-refractivity contribution in [2.75, 3.05) is 0 Å². The molecule has 0 spiro atoms. The van der Waals surface area contributed by atoms with Crippen LogP contribution >= 0.6 is 22.7 Å². The first kappa shape index (κ1) is 7.95. The van der Waals surface area contributed by atoms with E-state index >= 15 is 0 Å². The number of nitrogens with zero attached hydrogens (tertiary/aromatic N) is 1. The van der Waals surface area contributed by atoms with E-state index in [0.29, 0.717) is 0 Å². The Labute approximate surface area is 79.7 Å². The number of hydrogen-bond donors (Lipinski definition) is 0. The van der Waals surface area contributed by atoms with Gasteiger partial charge in [-0.3, -0.25) is 0 Å². The highest BCUT2D eigenvalue weighted by molar-refractivity contribution is 7.20. The van der Waals surface area contributed by atoms with Crippen molar-refractivity contribution in [2.24, 2.45) is 0 Å². The summed E-state index contributed by atoms with van der Waals surface area (Å²) in [6.45, 7) is 2.13. The van der Waals surface area contributed by atoms with Crippen molar-refractivity contribution in [3.05, 3.63) is 28.6 Å². The van der Waals surface area contributed by atoms with E-state index in [0.717, 1.165) is 11.4 Å². The van der Waals surface area contributed by atoms with Crippen LogP contribution in [0, 0.1) is 0 Å². The van der Waals surface area contributed by atoms with Crippen LogP contribution in [0.1, 0.15) is 12.6 Å².